The number of halogens is 3. The van der Waals surface area contributed by atoms with Crippen molar-refractivity contribution in [3.63, 3.8) is 0 Å². The smallest absolute Gasteiger partial charge is 0.352 e. The van der Waals surface area contributed by atoms with Gasteiger partial charge in [0.2, 0.25) is 11.8 Å². The highest BCUT2D eigenvalue weighted by atomic mass is 19.4. The molecule has 3 rings (SSSR count). The van der Waals surface area contributed by atoms with E-state index in [2.05, 4.69) is 10.4 Å². The molecule has 0 spiro atoms. The van der Waals surface area contributed by atoms with E-state index in [4.69, 9.17) is 0 Å². The van der Waals surface area contributed by atoms with E-state index in [1.165, 1.54) is 6.07 Å². The Morgan fingerprint density at radius 1 is 1.17 bits per heavy atom. The van der Waals surface area contributed by atoms with Crippen LogP contribution in [0.3, 0.4) is 0 Å². The van der Waals surface area contributed by atoms with Crippen molar-refractivity contribution in [2.24, 2.45) is 5.92 Å². The van der Waals surface area contributed by atoms with E-state index in [0.29, 0.717) is 37.4 Å². The molecule has 0 unspecified atom stereocenters. The monoisotopic (exact) mass is 422 g/mol. The maximum atomic E-state index is 12.7. The van der Waals surface area contributed by atoms with Gasteiger partial charge in [0.15, 0.2) is 0 Å². The van der Waals surface area contributed by atoms with Crippen molar-refractivity contribution in [2.45, 2.75) is 44.9 Å². The maximum absolute atomic E-state index is 12.7. The third kappa shape index (κ3) is 6.33. The van der Waals surface area contributed by atoms with Crippen molar-refractivity contribution in [3.8, 4) is 0 Å². The number of piperidine rings is 1. The van der Waals surface area contributed by atoms with Crippen LogP contribution in [-0.2, 0) is 28.9 Å². The molecule has 1 aliphatic rings. The number of carbonyl (C=O) groups excluding carboxylic acids is 2. The zero-order chi connectivity index (χ0) is 21.6. The molecule has 30 heavy (non-hydrogen) atoms. The third-order valence-electron chi connectivity index (χ3n) is 5.35. The predicted octanol–water partition coefficient (Wildman–Crippen LogP) is 3.24. The lowest BCUT2D eigenvalue weighted by Gasteiger charge is -2.32. The van der Waals surface area contributed by atoms with Gasteiger partial charge in [-0.2, -0.15) is 18.3 Å². The molecule has 0 radical (unpaired) electrons. The van der Waals surface area contributed by atoms with E-state index in [-0.39, 0.29) is 24.9 Å². The summed E-state index contributed by atoms with van der Waals surface area (Å²) in [4.78, 5) is 26.2. The van der Waals surface area contributed by atoms with Gasteiger partial charge in [0.1, 0.15) is 6.54 Å². The van der Waals surface area contributed by atoms with Crippen LogP contribution in [0.15, 0.2) is 42.7 Å². The first-order valence-corrected chi connectivity index (χ1v) is 9.99. The second-order valence-corrected chi connectivity index (χ2v) is 7.54. The SMILES string of the molecule is O=C(CCC1CCN(C(=O)Cn2cccn2)CC1)NCc1cccc(C(F)(F)F)c1. The second-order valence-electron chi connectivity index (χ2n) is 7.54. The largest absolute Gasteiger partial charge is 0.416 e. The number of amides is 2. The normalized spacial score (nSPS) is 15.2. The first-order chi connectivity index (χ1) is 14.3. The Morgan fingerprint density at radius 3 is 2.60 bits per heavy atom. The molecule has 1 fully saturated rings. The lowest BCUT2D eigenvalue weighted by Crippen LogP contribution is -2.40. The fourth-order valence-electron chi connectivity index (χ4n) is 3.59. The van der Waals surface area contributed by atoms with Gasteiger partial charge in [-0.25, -0.2) is 0 Å². The summed E-state index contributed by atoms with van der Waals surface area (Å²) in [7, 11) is 0. The van der Waals surface area contributed by atoms with E-state index in [1.54, 1.807) is 29.2 Å². The molecule has 0 aliphatic carbocycles. The Hall–Kier alpha value is -2.84. The highest BCUT2D eigenvalue weighted by Gasteiger charge is 2.30. The summed E-state index contributed by atoms with van der Waals surface area (Å²) in [6.07, 6.45) is 1.70. The molecule has 0 saturated carbocycles. The molecule has 162 valence electrons. The zero-order valence-electron chi connectivity index (χ0n) is 16.6. The topological polar surface area (TPSA) is 67.2 Å². The standard InChI is InChI=1S/C21H25F3N4O2/c22-21(23,24)18-4-1-3-17(13-18)14-25-19(29)6-5-16-7-11-27(12-8-16)20(30)15-28-10-2-9-26-28/h1-4,9-10,13,16H,5-8,11-12,14-15H2,(H,25,29). The fourth-order valence-corrected chi connectivity index (χ4v) is 3.59. The molecular weight excluding hydrogens is 397 g/mol. The molecule has 0 bridgehead atoms. The lowest BCUT2D eigenvalue weighted by molar-refractivity contribution is -0.137. The summed E-state index contributed by atoms with van der Waals surface area (Å²) in [5.74, 6) is 0.221. The number of alkyl halides is 3. The number of hydrogen-bond donors (Lipinski definition) is 1. The number of benzene rings is 1. The highest BCUT2D eigenvalue weighted by Crippen LogP contribution is 2.29. The molecule has 2 heterocycles. The summed E-state index contributed by atoms with van der Waals surface area (Å²) in [5.41, 5.74) is -0.301. The number of hydrogen-bond acceptors (Lipinski definition) is 3. The minimum atomic E-state index is -4.39. The van der Waals surface area contributed by atoms with E-state index >= 15 is 0 Å². The molecule has 9 heteroatoms. The van der Waals surface area contributed by atoms with Gasteiger partial charge in [-0.15, -0.1) is 0 Å². The Morgan fingerprint density at radius 2 is 1.93 bits per heavy atom. The van der Waals surface area contributed by atoms with Gasteiger partial charge in [-0.1, -0.05) is 12.1 Å². The molecule has 2 aromatic rings. The molecular formula is C21H25F3N4O2. The van der Waals surface area contributed by atoms with E-state index in [1.807, 2.05) is 4.90 Å². The number of nitrogens with one attached hydrogen (secondary N) is 1. The summed E-state index contributed by atoms with van der Waals surface area (Å²) < 4.78 is 39.8. The van der Waals surface area contributed by atoms with Crippen molar-refractivity contribution in [1.29, 1.82) is 0 Å². The van der Waals surface area contributed by atoms with Crippen LogP contribution in [0.5, 0.6) is 0 Å². The van der Waals surface area contributed by atoms with Crippen LogP contribution in [0.4, 0.5) is 13.2 Å². The summed E-state index contributed by atoms with van der Waals surface area (Å²) >= 11 is 0. The van der Waals surface area contributed by atoms with Gasteiger partial charge in [0, 0.05) is 38.4 Å². The number of rotatable bonds is 7. The first kappa shape index (κ1) is 21.9. The molecule has 1 aliphatic heterocycles. The maximum Gasteiger partial charge on any atom is 0.416 e. The van der Waals surface area contributed by atoms with Crippen molar-refractivity contribution in [2.75, 3.05) is 13.1 Å². The number of nitrogens with zero attached hydrogens (tertiary/aromatic N) is 3. The number of aromatic nitrogens is 2. The van der Waals surface area contributed by atoms with Crippen molar-refractivity contribution in [3.05, 3.63) is 53.9 Å². The summed E-state index contributed by atoms with van der Waals surface area (Å²) in [5, 5.41) is 6.73. The van der Waals surface area contributed by atoms with Gasteiger partial charge in [0.05, 0.1) is 5.56 Å². The Bertz CT molecular complexity index is 844. The van der Waals surface area contributed by atoms with E-state index in [9.17, 15) is 22.8 Å². The average Bonchev–Trinajstić information content (AvgIpc) is 3.23. The van der Waals surface area contributed by atoms with Crippen LogP contribution in [0.1, 0.15) is 36.8 Å². The highest BCUT2D eigenvalue weighted by molar-refractivity contribution is 5.76. The Labute approximate surface area is 173 Å². The van der Waals surface area contributed by atoms with Gasteiger partial charge in [-0.05, 0) is 48.9 Å². The number of carbonyl (C=O) groups is 2. The number of likely N-dealkylation sites (tertiary alicyclic amines) is 1. The van der Waals surface area contributed by atoms with Crippen LogP contribution >= 0.6 is 0 Å². The van der Waals surface area contributed by atoms with Crippen molar-refractivity contribution < 1.29 is 22.8 Å². The second kappa shape index (κ2) is 9.77. The summed E-state index contributed by atoms with van der Waals surface area (Å²) in [6.45, 7) is 1.63. The molecule has 0 atom stereocenters. The minimum absolute atomic E-state index is 0.0379. The average molecular weight is 422 g/mol. The van der Waals surface area contributed by atoms with Crippen molar-refractivity contribution in [1.82, 2.24) is 20.0 Å². The third-order valence-corrected chi connectivity index (χ3v) is 5.35. The molecule has 1 aromatic heterocycles. The lowest BCUT2D eigenvalue weighted by atomic mass is 9.92. The summed E-state index contributed by atoms with van der Waals surface area (Å²) in [6, 6.07) is 6.74. The van der Waals surface area contributed by atoms with Gasteiger partial charge in [0.25, 0.3) is 0 Å². The molecule has 6 nitrogen and oxygen atoms in total. The van der Waals surface area contributed by atoms with E-state index in [0.717, 1.165) is 25.0 Å². The predicted molar refractivity (Wildman–Crippen MR) is 104 cm³/mol. The molecule has 1 aromatic carbocycles. The zero-order valence-corrected chi connectivity index (χ0v) is 16.6. The fraction of sp³-hybridized carbons (Fsp3) is 0.476. The first-order valence-electron chi connectivity index (χ1n) is 9.99. The van der Waals surface area contributed by atoms with Gasteiger partial charge >= 0.3 is 6.18 Å². The van der Waals surface area contributed by atoms with E-state index < -0.39 is 11.7 Å². The van der Waals surface area contributed by atoms with Crippen LogP contribution in [0.2, 0.25) is 0 Å². The quantitative estimate of drug-likeness (QED) is 0.745. The van der Waals surface area contributed by atoms with Gasteiger partial charge in [-0.3, -0.25) is 14.3 Å². The Kier molecular flexibility index (Phi) is 7.12. The molecule has 2 amide bonds. The van der Waals surface area contributed by atoms with Crippen molar-refractivity contribution >= 4 is 11.8 Å². The molecule has 1 saturated heterocycles. The van der Waals surface area contributed by atoms with Crippen LogP contribution in [0, 0.1) is 5.92 Å². The van der Waals surface area contributed by atoms with Crippen LogP contribution in [0.25, 0.3) is 0 Å². The van der Waals surface area contributed by atoms with Gasteiger partial charge < -0.3 is 10.2 Å². The molecule has 1 N–H and O–H groups in total. The van der Waals surface area contributed by atoms with Crippen LogP contribution in [-0.4, -0.2) is 39.6 Å². The minimum Gasteiger partial charge on any atom is -0.352 e. The van der Waals surface area contributed by atoms with Crippen LogP contribution < -0.4 is 5.32 Å². The Balaban J connectivity index is 1.35.